The van der Waals surface area contributed by atoms with Crippen molar-refractivity contribution in [1.82, 2.24) is 0 Å². The number of hydrogen-bond donors (Lipinski definition) is 0. The molecule has 0 spiro atoms. The Bertz CT molecular complexity index is 318. The molecule has 1 saturated heterocycles. The van der Waals surface area contributed by atoms with Crippen molar-refractivity contribution in [2.24, 2.45) is 0 Å². The van der Waals surface area contributed by atoms with Crippen molar-refractivity contribution in [2.45, 2.75) is 84.1 Å². The number of rotatable bonds is 7. The number of methoxy groups -OCH3 is 1. The Balaban J connectivity index is 2.73. The van der Waals surface area contributed by atoms with Gasteiger partial charge in [-0.2, -0.15) is 0 Å². The minimum atomic E-state index is -0.263. The normalized spacial score (nSPS) is 30.0. The summed E-state index contributed by atoms with van der Waals surface area (Å²) in [5, 5.41) is 0. The third-order valence-electron chi connectivity index (χ3n) is 3.31. The second-order valence-electron chi connectivity index (χ2n) is 7.83. The van der Waals surface area contributed by atoms with E-state index < -0.39 is 0 Å². The van der Waals surface area contributed by atoms with Gasteiger partial charge in [0.25, 0.3) is 0 Å². The zero-order valence-corrected chi connectivity index (χ0v) is 15.5. The lowest BCUT2D eigenvalue weighted by molar-refractivity contribution is -0.145. The molecular weight excluding hydrogens is 284 g/mol. The van der Waals surface area contributed by atoms with Crippen LogP contribution in [0.15, 0.2) is 0 Å². The fraction of sp³-hybridized carbons (Fsp3) is 1.00. The van der Waals surface area contributed by atoms with E-state index in [-0.39, 0.29) is 35.6 Å². The molecule has 0 N–H and O–H groups in total. The highest BCUT2D eigenvalue weighted by Gasteiger charge is 2.46. The van der Waals surface area contributed by atoms with Crippen molar-refractivity contribution in [3.63, 3.8) is 0 Å². The largest absolute Gasteiger partial charge is 0.382 e. The summed E-state index contributed by atoms with van der Waals surface area (Å²) in [4.78, 5) is 0. The Kier molecular flexibility index (Phi) is 7.27. The molecule has 22 heavy (non-hydrogen) atoms. The molecule has 1 heterocycles. The van der Waals surface area contributed by atoms with Crippen LogP contribution in [-0.2, 0) is 23.7 Å². The lowest BCUT2D eigenvalue weighted by atomic mass is 10.1. The summed E-state index contributed by atoms with van der Waals surface area (Å²) in [6.07, 6.45) is -0.407. The van der Waals surface area contributed by atoms with Crippen LogP contribution < -0.4 is 0 Å². The van der Waals surface area contributed by atoms with E-state index in [1.165, 1.54) is 0 Å². The van der Waals surface area contributed by atoms with Crippen molar-refractivity contribution < 1.29 is 23.7 Å². The highest BCUT2D eigenvalue weighted by atomic mass is 16.6. The van der Waals surface area contributed by atoms with E-state index >= 15 is 0 Å². The van der Waals surface area contributed by atoms with Gasteiger partial charge in [0.05, 0.1) is 37.1 Å². The van der Waals surface area contributed by atoms with Gasteiger partial charge in [0.1, 0.15) is 18.3 Å². The molecular formula is C17H34O5. The molecule has 5 nitrogen and oxygen atoms in total. The second kappa shape index (κ2) is 8.06. The van der Waals surface area contributed by atoms with E-state index in [1.807, 2.05) is 48.5 Å². The third-order valence-corrected chi connectivity index (χ3v) is 3.31. The van der Waals surface area contributed by atoms with Gasteiger partial charge in [-0.25, -0.2) is 0 Å². The first-order valence-corrected chi connectivity index (χ1v) is 8.11. The summed E-state index contributed by atoms with van der Waals surface area (Å²) in [5.41, 5.74) is -0.463. The number of ether oxygens (including phenoxy) is 5. The van der Waals surface area contributed by atoms with Crippen LogP contribution in [0, 0.1) is 0 Å². The minimum Gasteiger partial charge on any atom is -0.382 e. The summed E-state index contributed by atoms with van der Waals surface area (Å²) in [6.45, 7) is 15.9. The summed E-state index contributed by atoms with van der Waals surface area (Å²) in [5.74, 6) is 0. The molecule has 1 unspecified atom stereocenters. The average Bonchev–Trinajstić information content (AvgIpc) is 2.62. The zero-order chi connectivity index (χ0) is 17.0. The van der Waals surface area contributed by atoms with Gasteiger partial charge in [-0.3, -0.25) is 0 Å². The fourth-order valence-electron chi connectivity index (χ4n) is 2.42. The Labute approximate surface area is 135 Å². The Morgan fingerprint density at radius 2 is 1.55 bits per heavy atom. The van der Waals surface area contributed by atoms with Gasteiger partial charge < -0.3 is 23.7 Å². The van der Waals surface area contributed by atoms with Crippen molar-refractivity contribution in [1.29, 1.82) is 0 Å². The smallest absolute Gasteiger partial charge is 0.115 e. The van der Waals surface area contributed by atoms with Crippen LogP contribution in [0.5, 0.6) is 0 Å². The van der Waals surface area contributed by atoms with E-state index in [0.29, 0.717) is 19.8 Å². The molecule has 0 aromatic rings. The Morgan fingerprint density at radius 1 is 0.909 bits per heavy atom. The van der Waals surface area contributed by atoms with E-state index in [1.54, 1.807) is 7.11 Å². The highest BCUT2D eigenvalue weighted by Crippen LogP contribution is 2.30. The first kappa shape index (κ1) is 19.8. The minimum absolute atomic E-state index is 0.0298. The lowest BCUT2D eigenvalue weighted by Crippen LogP contribution is -2.44. The molecule has 0 aromatic carbocycles. The maximum Gasteiger partial charge on any atom is 0.115 e. The quantitative estimate of drug-likeness (QED) is 0.676. The number of hydrogen-bond acceptors (Lipinski definition) is 5. The topological polar surface area (TPSA) is 46.2 Å². The van der Waals surface area contributed by atoms with Gasteiger partial charge in [0.15, 0.2) is 0 Å². The summed E-state index contributed by atoms with van der Waals surface area (Å²) < 4.78 is 29.2. The lowest BCUT2D eigenvalue weighted by Gasteiger charge is -2.32. The average molecular weight is 318 g/mol. The molecule has 1 rings (SSSR count). The molecule has 0 saturated carbocycles. The Hall–Kier alpha value is -0.200. The van der Waals surface area contributed by atoms with Gasteiger partial charge in [0, 0.05) is 7.11 Å². The SMILES string of the molecule is COCCOC1[C@H](C)O[C@H](COC(C)(C)C)[C@@H]1OC(C)(C)C. The summed E-state index contributed by atoms with van der Waals surface area (Å²) >= 11 is 0. The van der Waals surface area contributed by atoms with Crippen LogP contribution in [-0.4, -0.2) is 62.5 Å². The monoisotopic (exact) mass is 318 g/mol. The van der Waals surface area contributed by atoms with E-state index in [0.717, 1.165) is 0 Å². The van der Waals surface area contributed by atoms with Gasteiger partial charge in [0.2, 0.25) is 0 Å². The molecule has 5 heteroatoms. The molecule has 1 fully saturated rings. The zero-order valence-electron chi connectivity index (χ0n) is 15.5. The molecule has 132 valence electrons. The van der Waals surface area contributed by atoms with E-state index in [9.17, 15) is 0 Å². The third kappa shape index (κ3) is 6.92. The van der Waals surface area contributed by atoms with E-state index in [4.69, 9.17) is 23.7 Å². The highest BCUT2D eigenvalue weighted by molar-refractivity contribution is 4.93. The van der Waals surface area contributed by atoms with Crippen LogP contribution in [0.1, 0.15) is 48.5 Å². The van der Waals surface area contributed by atoms with Crippen molar-refractivity contribution in [3.8, 4) is 0 Å². The van der Waals surface area contributed by atoms with Gasteiger partial charge in [-0.05, 0) is 48.5 Å². The molecule has 1 aliphatic rings. The second-order valence-corrected chi connectivity index (χ2v) is 7.83. The maximum atomic E-state index is 6.22. The van der Waals surface area contributed by atoms with Crippen LogP contribution in [0.4, 0.5) is 0 Å². The molecule has 0 aliphatic carbocycles. The predicted molar refractivity (Wildman–Crippen MR) is 86.3 cm³/mol. The van der Waals surface area contributed by atoms with Crippen LogP contribution in [0.25, 0.3) is 0 Å². The molecule has 0 amide bonds. The van der Waals surface area contributed by atoms with E-state index in [2.05, 4.69) is 0 Å². The maximum absolute atomic E-state index is 6.22. The van der Waals surface area contributed by atoms with Crippen LogP contribution >= 0.6 is 0 Å². The molecule has 1 aliphatic heterocycles. The Morgan fingerprint density at radius 3 is 2.05 bits per heavy atom. The fourth-order valence-corrected chi connectivity index (χ4v) is 2.42. The van der Waals surface area contributed by atoms with Crippen molar-refractivity contribution in [3.05, 3.63) is 0 Å². The van der Waals surface area contributed by atoms with Gasteiger partial charge >= 0.3 is 0 Å². The standard InChI is InChI=1S/C17H34O5/c1-12-14(19-10-9-18-8)15(22-17(5,6)7)13(21-12)11-20-16(2,3)4/h12-15H,9-11H2,1-8H3/t12-,13+,14?,15-/m0/s1. The van der Waals surface area contributed by atoms with Crippen molar-refractivity contribution >= 4 is 0 Å². The van der Waals surface area contributed by atoms with Gasteiger partial charge in [-0.15, -0.1) is 0 Å². The molecule has 4 atom stereocenters. The summed E-state index contributed by atoms with van der Waals surface area (Å²) in [6, 6.07) is 0. The molecule has 0 aromatic heterocycles. The molecule has 0 radical (unpaired) electrons. The van der Waals surface area contributed by atoms with Crippen molar-refractivity contribution in [2.75, 3.05) is 26.9 Å². The first-order chi connectivity index (χ1) is 10.0. The predicted octanol–water partition coefficient (Wildman–Crippen LogP) is 2.80. The van der Waals surface area contributed by atoms with Crippen LogP contribution in [0.2, 0.25) is 0 Å². The van der Waals surface area contributed by atoms with Gasteiger partial charge in [-0.1, -0.05) is 0 Å². The molecule has 0 bridgehead atoms. The summed E-state index contributed by atoms with van der Waals surface area (Å²) in [7, 11) is 1.67. The van der Waals surface area contributed by atoms with Crippen LogP contribution in [0.3, 0.4) is 0 Å². The first-order valence-electron chi connectivity index (χ1n) is 8.11.